The molecule has 2 aromatic rings. The van der Waals surface area contributed by atoms with Gasteiger partial charge in [-0.15, -0.1) is 0 Å². The van der Waals surface area contributed by atoms with Gasteiger partial charge in [0.25, 0.3) is 5.91 Å². The Hall–Kier alpha value is -3.14. The lowest BCUT2D eigenvalue weighted by Crippen LogP contribution is -2.66. The average molecular weight is 466 g/mol. The molecule has 9 heteroatoms. The summed E-state index contributed by atoms with van der Waals surface area (Å²) in [7, 11) is 1.76. The Morgan fingerprint density at radius 1 is 1.00 bits per heavy atom. The molecule has 3 unspecified atom stereocenters. The fourth-order valence-corrected chi connectivity index (χ4v) is 5.02. The SMILES string of the molecule is CCOCCN1C(=O)C2C(NC3N(c4ccc(Oc5ccccc5)cc4)CCCN23)N(C)C1=O. The van der Waals surface area contributed by atoms with Crippen LogP contribution < -0.4 is 15.0 Å². The van der Waals surface area contributed by atoms with Gasteiger partial charge in [0, 0.05) is 32.4 Å². The maximum atomic E-state index is 13.4. The number of carbonyl (C=O) groups excluding carboxylic acids is 2. The summed E-state index contributed by atoms with van der Waals surface area (Å²) in [6, 6.07) is 17.0. The van der Waals surface area contributed by atoms with Crippen LogP contribution in [0.15, 0.2) is 54.6 Å². The predicted molar refractivity (Wildman–Crippen MR) is 127 cm³/mol. The lowest BCUT2D eigenvalue weighted by molar-refractivity contribution is -0.139. The number of amides is 3. The molecule has 5 rings (SSSR count). The van der Waals surface area contributed by atoms with E-state index in [1.54, 1.807) is 11.9 Å². The first-order valence-corrected chi connectivity index (χ1v) is 11.9. The molecule has 0 saturated carbocycles. The maximum absolute atomic E-state index is 13.4. The van der Waals surface area contributed by atoms with Crippen molar-refractivity contribution < 1.29 is 19.1 Å². The Morgan fingerprint density at radius 3 is 2.47 bits per heavy atom. The van der Waals surface area contributed by atoms with Gasteiger partial charge in [-0.2, -0.15) is 0 Å². The van der Waals surface area contributed by atoms with Crippen LogP contribution in [-0.2, 0) is 9.53 Å². The van der Waals surface area contributed by atoms with Gasteiger partial charge in [-0.3, -0.25) is 19.9 Å². The number of benzene rings is 2. The first-order chi connectivity index (χ1) is 16.6. The number of hydrogen-bond acceptors (Lipinski definition) is 7. The van der Waals surface area contributed by atoms with Crippen molar-refractivity contribution in [3.8, 4) is 11.5 Å². The predicted octanol–water partition coefficient (Wildman–Crippen LogP) is 2.50. The van der Waals surface area contributed by atoms with E-state index in [2.05, 4.69) is 15.1 Å². The zero-order valence-electron chi connectivity index (χ0n) is 19.6. The fourth-order valence-electron chi connectivity index (χ4n) is 5.02. The second kappa shape index (κ2) is 9.61. The van der Waals surface area contributed by atoms with E-state index in [1.165, 1.54) is 4.90 Å². The van der Waals surface area contributed by atoms with Gasteiger partial charge in [-0.25, -0.2) is 4.79 Å². The quantitative estimate of drug-likeness (QED) is 0.630. The number of ether oxygens (including phenoxy) is 2. The lowest BCUT2D eigenvalue weighted by atomic mass is 10.1. The summed E-state index contributed by atoms with van der Waals surface area (Å²) in [6.07, 6.45) is 0.387. The van der Waals surface area contributed by atoms with E-state index in [4.69, 9.17) is 9.47 Å². The van der Waals surface area contributed by atoms with Crippen LogP contribution in [-0.4, -0.2) is 85.0 Å². The summed E-state index contributed by atoms with van der Waals surface area (Å²) in [4.78, 5) is 33.7. The Bertz CT molecular complexity index is 1020. The van der Waals surface area contributed by atoms with Crippen LogP contribution in [0.4, 0.5) is 10.5 Å². The van der Waals surface area contributed by atoms with Crippen molar-refractivity contribution in [3.05, 3.63) is 54.6 Å². The van der Waals surface area contributed by atoms with Gasteiger partial charge >= 0.3 is 6.03 Å². The van der Waals surface area contributed by atoms with E-state index >= 15 is 0 Å². The van der Waals surface area contributed by atoms with E-state index < -0.39 is 6.04 Å². The van der Waals surface area contributed by atoms with Crippen LogP contribution in [0.2, 0.25) is 0 Å². The number of anilines is 1. The zero-order valence-corrected chi connectivity index (χ0v) is 19.6. The number of likely N-dealkylation sites (N-methyl/N-ethyl adjacent to an activating group) is 1. The first-order valence-electron chi connectivity index (χ1n) is 11.9. The first kappa shape index (κ1) is 22.6. The molecule has 3 heterocycles. The van der Waals surface area contributed by atoms with Crippen molar-refractivity contribution >= 4 is 17.6 Å². The second-order valence-corrected chi connectivity index (χ2v) is 8.70. The smallest absolute Gasteiger partial charge is 0.327 e. The highest BCUT2D eigenvalue weighted by Gasteiger charge is 2.55. The number of urea groups is 1. The van der Waals surface area contributed by atoms with Crippen LogP contribution in [0.1, 0.15) is 13.3 Å². The topological polar surface area (TPSA) is 77.6 Å². The molecule has 0 aromatic heterocycles. The highest BCUT2D eigenvalue weighted by molar-refractivity contribution is 6.00. The third-order valence-corrected chi connectivity index (χ3v) is 6.68. The summed E-state index contributed by atoms with van der Waals surface area (Å²) in [6.45, 7) is 4.71. The van der Waals surface area contributed by atoms with Crippen molar-refractivity contribution in [1.82, 2.24) is 20.0 Å². The molecular formula is C25H31N5O4. The zero-order chi connectivity index (χ0) is 23.7. The van der Waals surface area contributed by atoms with E-state index in [0.717, 1.165) is 36.7 Å². The van der Waals surface area contributed by atoms with E-state index in [0.29, 0.717) is 13.2 Å². The van der Waals surface area contributed by atoms with Crippen molar-refractivity contribution in [3.63, 3.8) is 0 Å². The highest BCUT2D eigenvalue weighted by atomic mass is 16.5. The number of para-hydroxylation sites is 1. The molecule has 3 atom stereocenters. The molecular weight excluding hydrogens is 434 g/mol. The van der Waals surface area contributed by atoms with Gasteiger partial charge in [-0.1, -0.05) is 18.2 Å². The molecule has 0 spiro atoms. The van der Waals surface area contributed by atoms with Crippen LogP contribution in [0.25, 0.3) is 0 Å². The third-order valence-electron chi connectivity index (χ3n) is 6.68. The van der Waals surface area contributed by atoms with Gasteiger partial charge in [-0.05, 0) is 49.7 Å². The van der Waals surface area contributed by atoms with Crippen molar-refractivity contribution in [2.45, 2.75) is 31.8 Å². The number of nitrogens with zero attached hydrogens (tertiary/aromatic N) is 4. The van der Waals surface area contributed by atoms with Gasteiger partial charge in [0.1, 0.15) is 30.0 Å². The van der Waals surface area contributed by atoms with Crippen LogP contribution in [0, 0.1) is 0 Å². The lowest BCUT2D eigenvalue weighted by Gasteiger charge is -2.43. The molecule has 0 bridgehead atoms. The average Bonchev–Trinajstić information content (AvgIpc) is 3.26. The summed E-state index contributed by atoms with van der Waals surface area (Å²) < 4.78 is 11.3. The summed E-state index contributed by atoms with van der Waals surface area (Å²) >= 11 is 0. The molecule has 3 aliphatic heterocycles. The largest absolute Gasteiger partial charge is 0.457 e. The fraction of sp³-hybridized carbons (Fsp3) is 0.440. The molecule has 34 heavy (non-hydrogen) atoms. The van der Waals surface area contributed by atoms with Crippen LogP contribution in [0.3, 0.4) is 0 Å². The Kier molecular flexibility index (Phi) is 6.40. The second-order valence-electron chi connectivity index (χ2n) is 8.70. The van der Waals surface area contributed by atoms with E-state index in [1.807, 2.05) is 61.5 Å². The third kappa shape index (κ3) is 4.11. The molecule has 3 aliphatic rings. The van der Waals surface area contributed by atoms with Crippen LogP contribution in [0.5, 0.6) is 11.5 Å². The van der Waals surface area contributed by atoms with Gasteiger partial charge in [0.05, 0.1) is 13.2 Å². The van der Waals surface area contributed by atoms with Crippen molar-refractivity contribution in [1.29, 1.82) is 0 Å². The van der Waals surface area contributed by atoms with Gasteiger partial charge < -0.3 is 19.3 Å². The number of hydrogen-bond donors (Lipinski definition) is 1. The van der Waals surface area contributed by atoms with E-state index in [9.17, 15) is 9.59 Å². The highest BCUT2D eigenvalue weighted by Crippen LogP contribution is 2.34. The van der Waals surface area contributed by atoms with Gasteiger partial charge in [0.15, 0.2) is 0 Å². The van der Waals surface area contributed by atoms with Crippen molar-refractivity contribution in [2.24, 2.45) is 0 Å². The number of rotatable bonds is 7. The molecule has 180 valence electrons. The number of nitrogens with one attached hydrogen (secondary N) is 1. The normalized spacial score (nSPS) is 24.9. The number of carbonyl (C=O) groups is 2. The van der Waals surface area contributed by atoms with Crippen LogP contribution >= 0.6 is 0 Å². The van der Waals surface area contributed by atoms with Gasteiger partial charge in [0.2, 0.25) is 0 Å². The monoisotopic (exact) mass is 465 g/mol. The molecule has 3 amide bonds. The molecule has 3 saturated heterocycles. The van der Waals surface area contributed by atoms with Crippen molar-refractivity contribution in [2.75, 3.05) is 44.8 Å². The number of fused-ring (bicyclic) bond motifs is 3. The minimum absolute atomic E-state index is 0.156. The van der Waals surface area contributed by atoms with E-state index in [-0.39, 0.29) is 30.9 Å². The molecule has 3 fully saturated rings. The Labute approximate surface area is 199 Å². The summed E-state index contributed by atoms with van der Waals surface area (Å²) in [5.41, 5.74) is 1.04. The molecule has 1 N–H and O–H groups in total. The minimum Gasteiger partial charge on any atom is -0.457 e. The Balaban J connectivity index is 1.33. The maximum Gasteiger partial charge on any atom is 0.327 e. The standard InChI is InChI=1S/C25H31N5O4/c1-3-33-17-16-30-23(31)21-22(27(2)25(30)32)26-24-28(14-7-15-29(21)24)18-10-12-20(13-11-18)34-19-8-5-4-6-9-19/h4-6,8-13,21-22,24,26H,3,7,14-17H2,1-2H3. The Morgan fingerprint density at radius 2 is 1.74 bits per heavy atom. The number of imide groups is 1. The summed E-state index contributed by atoms with van der Waals surface area (Å²) in [5.74, 6) is 1.40. The molecule has 2 aromatic carbocycles. The summed E-state index contributed by atoms with van der Waals surface area (Å²) in [5, 5.41) is 3.54. The molecule has 0 aliphatic carbocycles. The molecule has 9 nitrogen and oxygen atoms in total. The minimum atomic E-state index is -0.419. The molecule has 0 radical (unpaired) electrons.